The molecule has 2 heterocycles. The summed E-state index contributed by atoms with van der Waals surface area (Å²) in [5.74, 6) is 0.957. The number of likely N-dealkylation sites (tertiary alicyclic amines) is 2. The molecular formula is C9H16N2O. The summed E-state index contributed by atoms with van der Waals surface area (Å²) in [5.41, 5.74) is 0. The van der Waals surface area contributed by atoms with Gasteiger partial charge in [-0.25, -0.2) is 0 Å². The van der Waals surface area contributed by atoms with Gasteiger partial charge >= 0.3 is 0 Å². The Morgan fingerprint density at radius 2 is 2.33 bits per heavy atom. The van der Waals surface area contributed by atoms with Gasteiger partial charge in [0.15, 0.2) is 0 Å². The number of nitrogens with zero attached hydrogens (tertiary/aromatic N) is 1. The van der Waals surface area contributed by atoms with Crippen LogP contribution in [0.15, 0.2) is 0 Å². The molecule has 0 aromatic carbocycles. The predicted molar refractivity (Wildman–Crippen MR) is 45.3 cm³/mol. The Morgan fingerprint density at radius 1 is 1.58 bits per heavy atom. The van der Waals surface area contributed by atoms with Crippen molar-refractivity contribution in [2.75, 3.05) is 19.6 Å². The molecule has 0 aromatic heterocycles. The fourth-order valence-electron chi connectivity index (χ4n) is 2.57. The van der Waals surface area contributed by atoms with Crippen molar-refractivity contribution < 1.29 is 9.69 Å². The lowest BCUT2D eigenvalue weighted by Crippen LogP contribution is -3.05. The monoisotopic (exact) mass is 168 g/mol. The summed E-state index contributed by atoms with van der Waals surface area (Å²) in [5, 5.41) is 0. The minimum Gasteiger partial charge on any atom is -0.466 e. The lowest BCUT2D eigenvalue weighted by Gasteiger charge is -2.22. The van der Waals surface area contributed by atoms with Gasteiger partial charge in [0.05, 0.1) is 19.1 Å². The van der Waals surface area contributed by atoms with Gasteiger partial charge in [-0.3, -0.25) is 4.79 Å². The lowest BCUT2D eigenvalue weighted by molar-refractivity contribution is -0.842. The topological polar surface area (TPSA) is 24.8 Å². The van der Waals surface area contributed by atoms with Crippen LogP contribution in [0.2, 0.25) is 0 Å². The smallest absolute Gasteiger partial charge is 0.219 e. The van der Waals surface area contributed by atoms with Gasteiger partial charge in [-0.05, 0) is 6.42 Å². The first-order chi connectivity index (χ1) is 5.68. The van der Waals surface area contributed by atoms with Gasteiger partial charge in [-0.1, -0.05) is 0 Å². The Balaban J connectivity index is 2.08. The van der Waals surface area contributed by atoms with Crippen molar-refractivity contribution in [2.24, 2.45) is 5.92 Å². The Labute approximate surface area is 73.3 Å². The third-order valence-electron chi connectivity index (χ3n) is 3.14. The van der Waals surface area contributed by atoms with E-state index >= 15 is 0 Å². The van der Waals surface area contributed by atoms with Crippen molar-refractivity contribution >= 4 is 5.91 Å². The quantitative estimate of drug-likeness (QED) is 0.457. The van der Waals surface area contributed by atoms with E-state index < -0.39 is 0 Å². The molecule has 12 heavy (non-hydrogen) atoms. The lowest BCUT2D eigenvalue weighted by atomic mass is 10.1. The van der Waals surface area contributed by atoms with E-state index in [0.717, 1.165) is 25.6 Å². The van der Waals surface area contributed by atoms with Crippen LogP contribution in [0.3, 0.4) is 0 Å². The number of carbonyl (C=O) groups excluding carboxylic acids is 1. The molecule has 3 atom stereocenters. The van der Waals surface area contributed by atoms with Crippen LogP contribution in [0.1, 0.15) is 13.3 Å². The van der Waals surface area contributed by atoms with Gasteiger partial charge in [-0.2, -0.15) is 7.05 Å². The highest BCUT2D eigenvalue weighted by Gasteiger charge is 2.42. The van der Waals surface area contributed by atoms with Crippen LogP contribution in [-0.4, -0.2) is 36.5 Å². The van der Waals surface area contributed by atoms with Crippen molar-refractivity contribution in [3.05, 3.63) is 7.05 Å². The average Bonchev–Trinajstić information content (AvgIpc) is 2.43. The van der Waals surface area contributed by atoms with Gasteiger partial charge < -0.3 is 9.80 Å². The largest absolute Gasteiger partial charge is 0.466 e. The highest BCUT2D eigenvalue weighted by Crippen LogP contribution is 2.24. The number of quaternary nitrogens is 1. The van der Waals surface area contributed by atoms with E-state index in [0.29, 0.717) is 6.04 Å². The minimum absolute atomic E-state index is 0.234. The van der Waals surface area contributed by atoms with E-state index in [2.05, 4.69) is 7.05 Å². The van der Waals surface area contributed by atoms with Crippen LogP contribution in [0, 0.1) is 13.0 Å². The molecule has 1 amide bonds. The fourth-order valence-corrected chi connectivity index (χ4v) is 2.57. The van der Waals surface area contributed by atoms with Crippen LogP contribution in [-0.2, 0) is 4.79 Å². The second-order valence-electron chi connectivity index (χ2n) is 3.99. The minimum atomic E-state index is 0.234. The Morgan fingerprint density at radius 3 is 3.00 bits per heavy atom. The maximum atomic E-state index is 11.2. The number of hydrogen-bond acceptors (Lipinski definition) is 1. The molecule has 3 heteroatoms. The van der Waals surface area contributed by atoms with Crippen LogP contribution < -0.4 is 4.90 Å². The second kappa shape index (κ2) is 2.73. The van der Waals surface area contributed by atoms with Crippen molar-refractivity contribution in [3.63, 3.8) is 0 Å². The summed E-state index contributed by atoms with van der Waals surface area (Å²) in [4.78, 5) is 14.5. The van der Waals surface area contributed by atoms with Crippen molar-refractivity contribution in [3.8, 4) is 0 Å². The maximum absolute atomic E-state index is 11.2. The molecule has 3 nitrogen and oxygen atoms in total. The zero-order chi connectivity index (χ0) is 8.72. The average molecular weight is 168 g/mol. The molecule has 2 fully saturated rings. The molecule has 1 N–H and O–H groups in total. The van der Waals surface area contributed by atoms with Gasteiger partial charge in [-0.15, -0.1) is 0 Å². The third-order valence-corrected chi connectivity index (χ3v) is 3.14. The van der Waals surface area contributed by atoms with Crippen molar-refractivity contribution in [2.45, 2.75) is 19.4 Å². The Kier molecular flexibility index (Phi) is 1.83. The number of rotatable bonds is 0. The summed E-state index contributed by atoms with van der Waals surface area (Å²) in [6.45, 7) is 4.83. The second-order valence-corrected chi connectivity index (χ2v) is 3.99. The van der Waals surface area contributed by atoms with E-state index in [1.807, 2.05) is 4.90 Å². The van der Waals surface area contributed by atoms with Crippen LogP contribution in [0.4, 0.5) is 0 Å². The maximum Gasteiger partial charge on any atom is 0.219 e. The highest BCUT2D eigenvalue weighted by molar-refractivity contribution is 5.74. The molecule has 2 aliphatic heterocycles. The highest BCUT2D eigenvalue weighted by atomic mass is 16.2. The zero-order valence-electron chi connectivity index (χ0n) is 7.55. The van der Waals surface area contributed by atoms with Gasteiger partial charge in [0.2, 0.25) is 5.91 Å². The van der Waals surface area contributed by atoms with Crippen LogP contribution >= 0.6 is 0 Å². The van der Waals surface area contributed by atoms with Crippen LogP contribution in [0.25, 0.3) is 0 Å². The van der Waals surface area contributed by atoms with E-state index in [9.17, 15) is 4.79 Å². The molecule has 0 radical (unpaired) electrons. The first-order valence-electron chi connectivity index (χ1n) is 4.62. The summed E-state index contributed by atoms with van der Waals surface area (Å²) in [6, 6.07) is 0.495. The fraction of sp³-hybridized carbons (Fsp3) is 0.778. The molecular weight excluding hydrogens is 152 g/mol. The van der Waals surface area contributed by atoms with E-state index in [4.69, 9.17) is 0 Å². The van der Waals surface area contributed by atoms with Crippen molar-refractivity contribution in [1.82, 2.24) is 4.90 Å². The number of carbonyl (C=O) groups is 1. The van der Waals surface area contributed by atoms with Gasteiger partial charge in [0.1, 0.15) is 0 Å². The molecule has 2 saturated heterocycles. The standard InChI is InChI=1S/C9H16N2O/c1-7(12)11-4-3-8-5-10(2)6-9(8)11/h8-10H,2-6H2,1H3. The first-order valence-corrected chi connectivity index (χ1v) is 4.62. The molecule has 0 bridgehead atoms. The van der Waals surface area contributed by atoms with Gasteiger partial charge in [0.25, 0.3) is 0 Å². The molecule has 2 aliphatic rings. The zero-order valence-corrected chi connectivity index (χ0v) is 7.55. The summed E-state index contributed by atoms with van der Waals surface area (Å²) in [6.07, 6.45) is 1.18. The van der Waals surface area contributed by atoms with Gasteiger partial charge in [0, 0.05) is 19.4 Å². The van der Waals surface area contributed by atoms with E-state index in [-0.39, 0.29) is 5.91 Å². The Hall–Kier alpha value is -0.570. The normalized spacial score (nSPS) is 40.2. The molecule has 0 aromatic rings. The summed E-state index contributed by atoms with van der Waals surface area (Å²) >= 11 is 0. The molecule has 0 spiro atoms. The molecule has 68 valence electrons. The number of fused-ring (bicyclic) bond motifs is 1. The summed E-state index contributed by atoms with van der Waals surface area (Å²) < 4.78 is 0. The summed E-state index contributed by atoms with van der Waals surface area (Å²) in [7, 11) is 3.99. The van der Waals surface area contributed by atoms with E-state index in [1.54, 1.807) is 6.92 Å². The molecule has 2 rings (SSSR count). The molecule has 0 saturated carbocycles. The van der Waals surface area contributed by atoms with E-state index in [1.165, 1.54) is 11.3 Å². The Bertz CT molecular complexity index is 205. The molecule has 3 unspecified atom stereocenters. The number of hydrogen-bond donors (Lipinski definition) is 1. The third kappa shape index (κ3) is 1.12. The first kappa shape index (κ1) is 8.05. The SMILES string of the molecule is [CH2-][NH+]1CC2CCN(C(C)=O)C2C1. The predicted octanol–water partition coefficient (Wildman–Crippen LogP) is -1.09. The van der Waals surface area contributed by atoms with Crippen LogP contribution in [0.5, 0.6) is 0 Å². The number of amides is 1. The number of nitrogens with one attached hydrogen (secondary N) is 1. The molecule has 0 aliphatic carbocycles. The van der Waals surface area contributed by atoms with Crippen molar-refractivity contribution in [1.29, 1.82) is 0 Å².